The molecule has 150 valence electrons. The van der Waals surface area contributed by atoms with Crippen molar-refractivity contribution in [3.8, 4) is 5.75 Å². The maximum atomic E-state index is 5.91. The molecule has 2 aromatic carbocycles. The number of nitrogens with zero attached hydrogens (tertiary/aromatic N) is 1. The molecule has 1 N–H and O–H groups in total. The number of fused-ring (bicyclic) bond motifs is 3. The van der Waals surface area contributed by atoms with Crippen LogP contribution >= 0.6 is 12.2 Å². The molecule has 1 aliphatic carbocycles. The summed E-state index contributed by atoms with van der Waals surface area (Å²) in [5.74, 6) is 2.23. The molecule has 0 saturated carbocycles. The van der Waals surface area contributed by atoms with Crippen molar-refractivity contribution in [2.24, 2.45) is 11.8 Å². The van der Waals surface area contributed by atoms with Crippen LogP contribution in [0.1, 0.15) is 36.1 Å². The summed E-state index contributed by atoms with van der Waals surface area (Å²) in [5.41, 5.74) is 5.12. The van der Waals surface area contributed by atoms with Crippen molar-refractivity contribution in [1.82, 2.24) is 9.88 Å². The molecule has 3 nitrogen and oxygen atoms in total. The molecule has 0 spiro atoms. The normalized spacial score (nSPS) is 20.3. The molecule has 4 heteroatoms. The van der Waals surface area contributed by atoms with Gasteiger partial charge in [-0.3, -0.25) is 4.90 Å². The molecule has 0 bridgehead atoms. The number of nitrogens with one attached hydrogen (secondary N) is 1. The summed E-state index contributed by atoms with van der Waals surface area (Å²) < 4.78 is 5.62. The van der Waals surface area contributed by atoms with Gasteiger partial charge < -0.3 is 9.72 Å². The summed E-state index contributed by atoms with van der Waals surface area (Å²) in [6, 6.07) is 17.0. The van der Waals surface area contributed by atoms with E-state index >= 15 is 0 Å². The van der Waals surface area contributed by atoms with Gasteiger partial charge in [-0.15, -0.1) is 0 Å². The monoisotopic (exact) mass is 404 g/mol. The van der Waals surface area contributed by atoms with Crippen LogP contribution in [0.4, 0.5) is 0 Å². The SMILES string of the molecule is COc1cccc2[nH]c3c(c12)CC(CC1CCN(Cc2ccccc2)CC1)C3=S. The van der Waals surface area contributed by atoms with Crippen LogP contribution in [0.3, 0.4) is 0 Å². The van der Waals surface area contributed by atoms with Crippen molar-refractivity contribution in [3.63, 3.8) is 0 Å². The lowest BCUT2D eigenvalue weighted by Crippen LogP contribution is -2.34. The van der Waals surface area contributed by atoms with E-state index in [0.29, 0.717) is 5.92 Å². The molecule has 1 aromatic heterocycles. The van der Waals surface area contributed by atoms with E-state index in [-0.39, 0.29) is 0 Å². The predicted octanol–water partition coefficient (Wildman–Crippen LogP) is 5.37. The van der Waals surface area contributed by atoms with E-state index in [1.54, 1.807) is 7.11 Å². The maximum Gasteiger partial charge on any atom is 0.128 e. The Morgan fingerprint density at radius 1 is 1.07 bits per heavy atom. The first-order valence-corrected chi connectivity index (χ1v) is 11.1. The van der Waals surface area contributed by atoms with Crippen molar-refractivity contribution >= 4 is 28.0 Å². The Labute approximate surface area is 178 Å². The Morgan fingerprint density at radius 2 is 1.86 bits per heavy atom. The number of ether oxygens (including phenoxy) is 1. The van der Waals surface area contributed by atoms with Crippen molar-refractivity contribution in [3.05, 3.63) is 65.4 Å². The second-order valence-corrected chi connectivity index (χ2v) is 9.01. The van der Waals surface area contributed by atoms with Gasteiger partial charge in [0.15, 0.2) is 0 Å². The molecule has 0 radical (unpaired) electrons. The Hall–Kier alpha value is -2.17. The summed E-state index contributed by atoms with van der Waals surface area (Å²) in [7, 11) is 1.75. The number of benzene rings is 2. The Morgan fingerprint density at radius 3 is 2.62 bits per heavy atom. The molecule has 1 atom stereocenters. The smallest absolute Gasteiger partial charge is 0.128 e. The van der Waals surface area contributed by atoms with E-state index in [1.807, 2.05) is 6.07 Å². The lowest BCUT2D eigenvalue weighted by molar-refractivity contribution is 0.167. The molecule has 2 heterocycles. The number of methoxy groups -OCH3 is 1. The van der Waals surface area contributed by atoms with E-state index in [0.717, 1.165) is 35.0 Å². The van der Waals surface area contributed by atoms with Gasteiger partial charge in [-0.2, -0.15) is 0 Å². The van der Waals surface area contributed by atoms with E-state index in [1.165, 1.54) is 54.6 Å². The maximum absolute atomic E-state index is 5.91. The molecule has 1 unspecified atom stereocenters. The molecule has 29 heavy (non-hydrogen) atoms. The first-order valence-electron chi connectivity index (χ1n) is 10.7. The molecular weight excluding hydrogens is 376 g/mol. The minimum Gasteiger partial charge on any atom is -0.496 e. The average Bonchev–Trinajstić information content (AvgIpc) is 3.27. The number of hydrogen-bond acceptors (Lipinski definition) is 3. The Balaban J connectivity index is 1.22. The highest BCUT2D eigenvalue weighted by atomic mass is 32.1. The zero-order chi connectivity index (χ0) is 19.8. The summed E-state index contributed by atoms with van der Waals surface area (Å²) >= 11 is 5.91. The highest BCUT2D eigenvalue weighted by Gasteiger charge is 2.34. The second-order valence-electron chi connectivity index (χ2n) is 8.57. The van der Waals surface area contributed by atoms with Crippen molar-refractivity contribution in [2.45, 2.75) is 32.2 Å². The van der Waals surface area contributed by atoms with E-state index in [4.69, 9.17) is 17.0 Å². The van der Waals surface area contributed by atoms with Crippen LogP contribution < -0.4 is 4.74 Å². The van der Waals surface area contributed by atoms with Crippen LogP contribution in [-0.2, 0) is 13.0 Å². The number of aromatic amines is 1. The average molecular weight is 405 g/mol. The highest BCUT2D eigenvalue weighted by molar-refractivity contribution is 7.80. The van der Waals surface area contributed by atoms with E-state index < -0.39 is 0 Å². The van der Waals surface area contributed by atoms with Gasteiger partial charge in [0.2, 0.25) is 0 Å². The highest BCUT2D eigenvalue weighted by Crippen LogP contribution is 2.41. The molecular formula is C25H28N2OS. The van der Waals surface area contributed by atoms with Crippen LogP contribution in [0.5, 0.6) is 5.75 Å². The predicted molar refractivity (Wildman–Crippen MR) is 123 cm³/mol. The third-order valence-electron chi connectivity index (χ3n) is 6.75. The summed E-state index contributed by atoms with van der Waals surface area (Å²) in [5, 5.41) is 1.23. The standard InChI is InChI=1S/C25H28N2OS/c1-28-22-9-5-8-21-23(22)20-15-19(25(29)24(20)26-21)14-17-10-12-27(13-11-17)16-18-6-3-2-4-7-18/h2-9,17,19,26H,10-16H2,1H3. The number of rotatable bonds is 5. The molecule has 3 aromatic rings. The second kappa shape index (κ2) is 7.92. The van der Waals surface area contributed by atoms with Gasteiger partial charge >= 0.3 is 0 Å². The van der Waals surface area contributed by atoms with Gasteiger partial charge in [0.05, 0.1) is 12.8 Å². The quantitative estimate of drug-likeness (QED) is 0.580. The van der Waals surface area contributed by atoms with Gasteiger partial charge in [0.1, 0.15) is 5.75 Å². The van der Waals surface area contributed by atoms with Crippen LogP contribution in [-0.4, -0.2) is 34.9 Å². The summed E-state index contributed by atoms with van der Waals surface area (Å²) in [6.45, 7) is 3.47. The zero-order valence-electron chi connectivity index (χ0n) is 17.0. The van der Waals surface area contributed by atoms with Crippen LogP contribution in [0, 0.1) is 11.8 Å². The minimum atomic E-state index is 0.492. The molecule has 5 rings (SSSR count). The largest absolute Gasteiger partial charge is 0.496 e. The third kappa shape index (κ3) is 3.60. The molecule has 1 aliphatic heterocycles. The first-order chi connectivity index (χ1) is 14.2. The number of H-pyrrole nitrogens is 1. The van der Waals surface area contributed by atoms with Gasteiger partial charge in [0, 0.05) is 28.2 Å². The fourth-order valence-electron chi connectivity index (χ4n) is 5.22. The number of piperidine rings is 1. The molecule has 1 saturated heterocycles. The van der Waals surface area contributed by atoms with Crippen LogP contribution in [0.2, 0.25) is 0 Å². The number of thiocarbonyl (C=S) groups is 1. The fraction of sp³-hybridized carbons (Fsp3) is 0.400. The minimum absolute atomic E-state index is 0.492. The van der Waals surface area contributed by atoms with Gasteiger partial charge in [0.25, 0.3) is 0 Å². The van der Waals surface area contributed by atoms with Crippen LogP contribution in [0.25, 0.3) is 10.9 Å². The molecule has 2 aliphatic rings. The fourth-order valence-corrected chi connectivity index (χ4v) is 5.58. The van der Waals surface area contributed by atoms with Gasteiger partial charge in [-0.05, 0) is 68.0 Å². The van der Waals surface area contributed by atoms with E-state index in [9.17, 15) is 0 Å². The summed E-state index contributed by atoms with van der Waals surface area (Å²) in [4.78, 5) is 7.30. The number of likely N-dealkylation sites (tertiary alicyclic amines) is 1. The van der Waals surface area contributed by atoms with Gasteiger partial charge in [-0.25, -0.2) is 0 Å². The molecule has 1 fully saturated rings. The number of hydrogen-bond donors (Lipinski definition) is 1. The lowest BCUT2D eigenvalue weighted by Gasteiger charge is -2.33. The van der Waals surface area contributed by atoms with E-state index in [2.05, 4.69) is 52.3 Å². The number of aromatic nitrogens is 1. The topological polar surface area (TPSA) is 28.3 Å². The van der Waals surface area contributed by atoms with Crippen molar-refractivity contribution in [2.75, 3.05) is 20.2 Å². The van der Waals surface area contributed by atoms with Crippen molar-refractivity contribution in [1.29, 1.82) is 0 Å². The lowest BCUT2D eigenvalue weighted by atomic mass is 9.85. The Kier molecular flexibility index (Phi) is 5.15. The van der Waals surface area contributed by atoms with Gasteiger partial charge in [-0.1, -0.05) is 48.6 Å². The van der Waals surface area contributed by atoms with Crippen molar-refractivity contribution < 1.29 is 4.74 Å². The third-order valence-corrected chi connectivity index (χ3v) is 7.29. The van der Waals surface area contributed by atoms with Crippen LogP contribution in [0.15, 0.2) is 48.5 Å². The first kappa shape index (κ1) is 18.8. The molecule has 0 amide bonds. The summed E-state index contributed by atoms with van der Waals surface area (Å²) in [6.07, 6.45) is 4.84. The Bertz CT molecular complexity index is 1020. The zero-order valence-corrected chi connectivity index (χ0v) is 17.8.